The lowest BCUT2D eigenvalue weighted by Gasteiger charge is -2.24. The Hall–Kier alpha value is -3.46. The molecule has 1 amide bonds. The zero-order valence-electron chi connectivity index (χ0n) is 20.2. The largest absolute Gasteiger partial charge is 0.357 e. The Morgan fingerprint density at radius 3 is 2.71 bits per heavy atom. The Morgan fingerprint density at radius 2 is 2.00 bits per heavy atom. The van der Waals surface area contributed by atoms with E-state index in [1.54, 1.807) is 6.08 Å². The molecule has 1 aliphatic heterocycles. The van der Waals surface area contributed by atoms with Crippen molar-refractivity contribution in [1.29, 1.82) is 0 Å². The van der Waals surface area contributed by atoms with Crippen molar-refractivity contribution in [3.05, 3.63) is 66.5 Å². The quantitative estimate of drug-likeness (QED) is 0.416. The second kappa shape index (κ2) is 10.0. The number of carbonyl (C=O) groups excluding carboxylic acids is 1. The monoisotopic (exact) mass is 493 g/mol. The fourth-order valence-corrected chi connectivity index (χ4v) is 5.23. The highest BCUT2D eigenvalue weighted by molar-refractivity contribution is 7.90. The van der Waals surface area contributed by atoms with Gasteiger partial charge in [-0.15, -0.1) is 13.2 Å². The topological polar surface area (TPSA) is 108 Å². The van der Waals surface area contributed by atoms with Crippen LogP contribution in [0.25, 0.3) is 22.3 Å². The Balaban J connectivity index is 1.77. The number of carbonyl (C=O) groups is 1. The van der Waals surface area contributed by atoms with Crippen LogP contribution in [0.15, 0.2) is 49.6 Å². The molecule has 1 unspecified atom stereocenters. The summed E-state index contributed by atoms with van der Waals surface area (Å²) in [5.41, 5.74) is 5.43. The number of rotatable bonds is 10. The van der Waals surface area contributed by atoms with Crippen molar-refractivity contribution in [2.75, 3.05) is 36.5 Å². The summed E-state index contributed by atoms with van der Waals surface area (Å²) < 4.78 is 23.2. The molecule has 0 aliphatic carbocycles. The third kappa shape index (κ3) is 5.30. The Bertz CT molecular complexity index is 1390. The average molecular weight is 494 g/mol. The smallest absolute Gasteiger partial charge is 0.253 e. The Kier molecular flexibility index (Phi) is 7.07. The van der Waals surface area contributed by atoms with Gasteiger partial charge >= 0.3 is 0 Å². The van der Waals surface area contributed by atoms with Crippen LogP contribution in [0, 0.1) is 6.92 Å². The van der Waals surface area contributed by atoms with Gasteiger partial charge in [-0.3, -0.25) is 4.79 Å². The summed E-state index contributed by atoms with van der Waals surface area (Å²) in [6.07, 6.45) is 6.12. The summed E-state index contributed by atoms with van der Waals surface area (Å²) in [6.45, 7) is 11.2. The highest BCUT2D eigenvalue weighted by Gasteiger charge is 2.28. The summed E-state index contributed by atoms with van der Waals surface area (Å²) in [5.74, 6) is 0.852. The molecular weight excluding hydrogens is 462 g/mol. The van der Waals surface area contributed by atoms with Crippen LogP contribution in [0.5, 0.6) is 0 Å². The van der Waals surface area contributed by atoms with Crippen LogP contribution in [0.4, 0.5) is 5.82 Å². The number of para-hydroxylation sites is 1. The van der Waals surface area contributed by atoms with Gasteiger partial charge < -0.3 is 15.2 Å². The van der Waals surface area contributed by atoms with Gasteiger partial charge in [0.1, 0.15) is 15.4 Å². The van der Waals surface area contributed by atoms with Gasteiger partial charge in [-0.05, 0) is 31.9 Å². The van der Waals surface area contributed by atoms with E-state index in [2.05, 4.69) is 23.5 Å². The number of sulfone groups is 1. The normalized spacial score (nSPS) is 15.5. The van der Waals surface area contributed by atoms with Gasteiger partial charge in [0.15, 0.2) is 5.82 Å². The number of H-pyrrole nitrogens is 1. The molecule has 0 fully saturated rings. The van der Waals surface area contributed by atoms with E-state index in [-0.39, 0.29) is 17.6 Å². The van der Waals surface area contributed by atoms with Crippen molar-refractivity contribution in [3.63, 3.8) is 0 Å². The van der Waals surface area contributed by atoms with Crippen molar-refractivity contribution in [3.8, 4) is 11.3 Å². The van der Waals surface area contributed by atoms with Gasteiger partial charge in [0.25, 0.3) is 5.91 Å². The number of allylic oxidation sites excluding steroid dienone is 1. The lowest BCUT2D eigenvalue weighted by atomic mass is 9.94. The maximum atomic E-state index is 12.5. The Morgan fingerprint density at radius 1 is 1.20 bits per heavy atom. The number of aromatic nitrogens is 3. The second-order valence-corrected chi connectivity index (χ2v) is 11.2. The molecule has 2 N–H and O–H groups in total. The molecule has 0 saturated heterocycles. The third-order valence-electron chi connectivity index (χ3n) is 6.19. The highest BCUT2D eigenvalue weighted by Crippen LogP contribution is 2.34. The molecule has 0 saturated carbocycles. The minimum Gasteiger partial charge on any atom is -0.357 e. The fourth-order valence-electron chi connectivity index (χ4n) is 4.57. The fraction of sp³-hybridized carbons (Fsp3) is 0.346. The van der Waals surface area contributed by atoms with Gasteiger partial charge in [0.05, 0.1) is 22.5 Å². The van der Waals surface area contributed by atoms with Crippen molar-refractivity contribution < 1.29 is 13.2 Å². The minimum absolute atomic E-state index is 0.0892. The van der Waals surface area contributed by atoms with E-state index in [0.717, 1.165) is 34.6 Å². The van der Waals surface area contributed by atoms with E-state index in [0.29, 0.717) is 43.0 Å². The van der Waals surface area contributed by atoms with Crippen LogP contribution < -0.4 is 10.2 Å². The summed E-state index contributed by atoms with van der Waals surface area (Å²) in [4.78, 5) is 27.8. The first-order chi connectivity index (χ1) is 16.7. The van der Waals surface area contributed by atoms with Crippen molar-refractivity contribution >= 4 is 32.6 Å². The van der Waals surface area contributed by atoms with E-state index < -0.39 is 9.84 Å². The summed E-state index contributed by atoms with van der Waals surface area (Å²) >= 11 is 0. The molecular formula is C26H31N5O3S. The Labute approximate surface area is 206 Å². The summed E-state index contributed by atoms with van der Waals surface area (Å²) in [6, 6.07) is 7.69. The average Bonchev–Trinajstić information content (AvgIpc) is 3.25. The van der Waals surface area contributed by atoms with Gasteiger partial charge in [0.2, 0.25) is 0 Å². The van der Waals surface area contributed by atoms with E-state index in [4.69, 9.17) is 9.97 Å². The number of nitrogens with one attached hydrogen (secondary N) is 2. The SMILES string of the molecule is C=CCC1CNC(=O)c2cc(-c3cccc4nc(C)c(N(CC=C)CCCS(C)(=O)=O)nc34)[nH]c21. The minimum atomic E-state index is -3.05. The van der Waals surface area contributed by atoms with Crippen LogP contribution in [0.3, 0.4) is 0 Å². The van der Waals surface area contributed by atoms with E-state index in [1.807, 2.05) is 42.2 Å². The van der Waals surface area contributed by atoms with E-state index >= 15 is 0 Å². The van der Waals surface area contributed by atoms with Crippen LogP contribution in [0.2, 0.25) is 0 Å². The molecule has 184 valence electrons. The van der Waals surface area contributed by atoms with Crippen LogP contribution in [-0.2, 0) is 9.84 Å². The zero-order valence-corrected chi connectivity index (χ0v) is 21.0. The second-order valence-electron chi connectivity index (χ2n) is 8.97. The number of amides is 1. The number of hydrogen-bond donors (Lipinski definition) is 2. The van der Waals surface area contributed by atoms with Crippen molar-refractivity contribution in [2.24, 2.45) is 0 Å². The lowest BCUT2D eigenvalue weighted by Crippen LogP contribution is -2.34. The van der Waals surface area contributed by atoms with Crippen molar-refractivity contribution in [2.45, 2.75) is 25.7 Å². The molecule has 3 heterocycles. The molecule has 4 rings (SSSR count). The molecule has 1 aromatic carbocycles. The lowest BCUT2D eigenvalue weighted by molar-refractivity contribution is 0.0940. The molecule has 1 aliphatic rings. The van der Waals surface area contributed by atoms with Crippen LogP contribution in [0.1, 0.15) is 40.5 Å². The first-order valence-corrected chi connectivity index (χ1v) is 13.7. The third-order valence-corrected chi connectivity index (χ3v) is 7.22. The van der Waals surface area contributed by atoms with E-state index in [1.165, 1.54) is 6.26 Å². The first-order valence-electron chi connectivity index (χ1n) is 11.6. The first kappa shape index (κ1) is 24.7. The van der Waals surface area contributed by atoms with Crippen molar-refractivity contribution in [1.82, 2.24) is 20.3 Å². The predicted octanol–water partition coefficient (Wildman–Crippen LogP) is 3.76. The predicted molar refractivity (Wildman–Crippen MR) is 141 cm³/mol. The number of anilines is 1. The number of nitrogens with zero attached hydrogens (tertiary/aromatic N) is 3. The van der Waals surface area contributed by atoms with Gasteiger partial charge in [-0.1, -0.05) is 24.3 Å². The summed E-state index contributed by atoms with van der Waals surface area (Å²) in [5, 5.41) is 2.96. The number of aryl methyl sites for hydroxylation is 1. The molecule has 9 heteroatoms. The number of aromatic amines is 1. The molecule has 0 radical (unpaired) electrons. The molecule has 35 heavy (non-hydrogen) atoms. The molecule has 3 aromatic rings. The molecule has 1 atom stereocenters. The van der Waals surface area contributed by atoms with Gasteiger partial charge in [-0.2, -0.15) is 0 Å². The van der Waals surface area contributed by atoms with Crippen LogP contribution >= 0.6 is 0 Å². The number of benzene rings is 1. The summed E-state index contributed by atoms with van der Waals surface area (Å²) in [7, 11) is -3.05. The van der Waals surface area contributed by atoms with Crippen LogP contribution in [-0.4, -0.2) is 60.9 Å². The highest BCUT2D eigenvalue weighted by atomic mass is 32.2. The standard InChI is InChI=1S/C26H31N5O3S/c1-5-9-18-16-27-26(32)20-15-22(29-23(18)20)19-10-7-11-21-24(19)30-25(17(3)28-21)31(12-6-2)13-8-14-35(4,33)34/h5-7,10-11,15,18,29H,1-2,8-9,12-14,16H2,3-4H3,(H,27,32). The molecule has 0 spiro atoms. The van der Waals surface area contributed by atoms with E-state index in [9.17, 15) is 13.2 Å². The van der Waals surface area contributed by atoms with Gasteiger partial charge in [-0.25, -0.2) is 18.4 Å². The maximum Gasteiger partial charge on any atom is 0.253 e. The van der Waals surface area contributed by atoms with Gasteiger partial charge in [0, 0.05) is 48.8 Å². The molecule has 0 bridgehead atoms. The number of fused-ring (bicyclic) bond motifs is 2. The molecule has 8 nitrogen and oxygen atoms in total. The molecule has 2 aromatic heterocycles. The number of hydrogen-bond acceptors (Lipinski definition) is 6. The maximum absolute atomic E-state index is 12.5. The zero-order chi connectivity index (χ0) is 25.2.